The van der Waals surface area contributed by atoms with Crippen molar-refractivity contribution < 1.29 is 19.3 Å². The molecule has 0 unspecified atom stereocenters. The number of fused-ring (bicyclic) bond motifs is 1. The standard InChI is InChI=1S/C26H28ClN5O4/c1-15-5-7-20(16(2)29-15)26(33,22-14-28-31-32(22)3)17-6-8-21-19(13-17)23(27)24(25(30-21)34-4)36-18-9-11-35-12-10-18/h5-8,13-14,18,33H,9-12H2,1-4H3/t26-/m0/s1. The van der Waals surface area contributed by atoms with Crippen LogP contribution in [0.3, 0.4) is 0 Å². The molecule has 4 heterocycles. The zero-order valence-corrected chi connectivity index (χ0v) is 21.4. The van der Waals surface area contributed by atoms with E-state index in [1.807, 2.05) is 44.2 Å². The minimum absolute atomic E-state index is 0.0497. The predicted octanol–water partition coefficient (Wildman–Crippen LogP) is 3.88. The molecule has 36 heavy (non-hydrogen) atoms. The van der Waals surface area contributed by atoms with Gasteiger partial charge in [-0.25, -0.2) is 9.67 Å². The molecular weight excluding hydrogens is 482 g/mol. The van der Waals surface area contributed by atoms with E-state index in [0.717, 1.165) is 18.5 Å². The Hall–Kier alpha value is -3.27. The van der Waals surface area contributed by atoms with E-state index in [-0.39, 0.29) is 6.10 Å². The quantitative estimate of drug-likeness (QED) is 0.417. The van der Waals surface area contributed by atoms with Crippen molar-refractivity contribution in [3.8, 4) is 11.6 Å². The van der Waals surface area contributed by atoms with Gasteiger partial charge in [0, 0.05) is 42.2 Å². The van der Waals surface area contributed by atoms with E-state index in [1.165, 1.54) is 7.11 Å². The second-order valence-corrected chi connectivity index (χ2v) is 9.34. The van der Waals surface area contributed by atoms with Crippen molar-refractivity contribution in [3.05, 3.63) is 69.8 Å². The number of halogens is 1. The molecule has 9 nitrogen and oxygen atoms in total. The molecule has 0 aliphatic carbocycles. The number of pyridine rings is 2. The van der Waals surface area contributed by atoms with Gasteiger partial charge < -0.3 is 19.3 Å². The number of methoxy groups -OCH3 is 1. The van der Waals surface area contributed by atoms with Crippen LogP contribution in [0, 0.1) is 13.8 Å². The van der Waals surface area contributed by atoms with Gasteiger partial charge in [0.25, 0.3) is 5.88 Å². The molecule has 0 bridgehead atoms. The highest BCUT2D eigenvalue weighted by Crippen LogP contribution is 2.43. The molecule has 0 amide bonds. The highest BCUT2D eigenvalue weighted by Gasteiger charge is 2.39. The van der Waals surface area contributed by atoms with Crippen molar-refractivity contribution >= 4 is 22.5 Å². The molecule has 0 radical (unpaired) electrons. The van der Waals surface area contributed by atoms with Crippen LogP contribution in [0.25, 0.3) is 10.9 Å². The van der Waals surface area contributed by atoms with E-state index in [1.54, 1.807) is 17.9 Å². The Bertz CT molecular complexity index is 1420. The molecule has 1 atom stereocenters. The lowest BCUT2D eigenvalue weighted by atomic mass is 9.82. The molecule has 1 aliphatic rings. The predicted molar refractivity (Wildman–Crippen MR) is 135 cm³/mol. The van der Waals surface area contributed by atoms with Gasteiger partial charge in [-0.1, -0.05) is 28.9 Å². The number of aromatic nitrogens is 5. The average molecular weight is 510 g/mol. The second-order valence-electron chi connectivity index (χ2n) is 8.96. The van der Waals surface area contributed by atoms with Gasteiger partial charge in [0.2, 0.25) is 5.75 Å². The number of rotatable bonds is 6. The molecule has 1 fully saturated rings. The molecule has 0 saturated carbocycles. The summed E-state index contributed by atoms with van der Waals surface area (Å²) in [5, 5.41) is 21.5. The van der Waals surface area contributed by atoms with Crippen molar-refractivity contribution in [1.82, 2.24) is 25.0 Å². The normalized spacial score (nSPS) is 16.2. The zero-order chi connectivity index (χ0) is 25.4. The van der Waals surface area contributed by atoms with Crippen molar-refractivity contribution in [2.75, 3.05) is 20.3 Å². The lowest BCUT2D eigenvalue weighted by Crippen LogP contribution is -2.32. The largest absolute Gasteiger partial charge is 0.483 e. The molecule has 1 aliphatic heterocycles. The summed E-state index contributed by atoms with van der Waals surface area (Å²) in [6.45, 7) is 5.05. The summed E-state index contributed by atoms with van der Waals surface area (Å²) in [5.74, 6) is 0.700. The van der Waals surface area contributed by atoms with E-state index < -0.39 is 5.60 Å². The molecule has 1 aromatic carbocycles. The fraction of sp³-hybridized carbons (Fsp3) is 0.385. The number of benzene rings is 1. The van der Waals surface area contributed by atoms with Gasteiger partial charge in [-0.15, -0.1) is 5.10 Å². The Morgan fingerprint density at radius 2 is 1.92 bits per heavy atom. The fourth-order valence-electron chi connectivity index (χ4n) is 4.74. The van der Waals surface area contributed by atoms with Gasteiger partial charge in [-0.05, 0) is 37.6 Å². The van der Waals surface area contributed by atoms with Crippen LogP contribution in [0.5, 0.6) is 11.6 Å². The molecule has 4 aromatic rings. The summed E-state index contributed by atoms with van der Waals surface area (Å²) in [7, 11) is 3.28. The third-order valence-corrected chi connectivity index (χ3v) is 6.99. The highest BCUT2D eigenvalue weighted by molar-refractivity contribution is 6.37. The Labute approximate surface area is 214 Å². The minimum Gasteiger partial charge on any atom is -0.483 e. The van der Waals surface area contributed by atoms with Crippen LogP contribution in [-0.4, -0.2) is 56.5 Å². The lowest BCUT2D eigenvalue weighted by molar-refractivity contribution is 0.0244. The van der Waals surface area contributed by atoms with Gasteiger partial charge in [0.05, 0.1) is 42.8 Å². The number of aliphatic hydroxyl groups is 1. The first-order valence-corrected chi connectivity index (χ1v) is 12.1. The van der Waals surface area contributed by atoms with Gasteiger partial charge in [0.1, 0.15) is 6.10 Å². The average Bonchev–Trinajstić information content (AvgIpc) is 3.32. The molecule has 188 valence electrons. The van der Waals surface area contributed by atoms with Crippen molar-refractivity contribution in [1.29, 1.82) is 0 Å². The first-order valence-electron chi connectivity index (χ1n) is 11.8. The maximum Gasteiger partial charge on any atom is 0.258 e. The molecular formula is C26H28ClN5O4. The summed E-state index contributed by atoms with van der Waals surface area (Å²) < 4.78 is 18.8. The Kier molecular flexibility index (Phi) is 6.55. The van der Waals surface area contributed by atoms with Crippen molar-refractivity contribution in [3.63, 3.8) is 0 Å². The summed E-state index contributed by atoms with van der Waals surface area (Å²) in [6, 6.07) is 9.20. The summed E-state index contributed by atoms with van der Waals surface area (Å²) in [4.78, 5) is 9.23. The summed E-state index contributed by atoms with van der Waals surface area (Å²) in [6.07, 6.45) is 3.01. The van der Waals surface area contributed by atoms with Crippen LogP contribution < -0.4 is 9.47 Å². The lowest BCUT2D eigenvalue weighted by Gasteiger charge is -2.30. The van der Waals surface area contributed by atoms with Crippen LogP contribution in [0.1, 0.15) is 41.1 Å². The molecule has 1 N–H and O–H groups in total. The first-order chi connectivity index (χ1) is 17.3. The molecule has 3 aromatic heterocycles. The van der Waals surface area contributed by atoms with Crippen molar-refractivity contribution in [2.45, 2.75) is 38.4 Å². The zero-order valence-electron chi connectivity index (χ0n) is 20.7. The monoisotopic (exact) mass is 509 g/mol. The van der Waals surface area contributed by atoms with E-state index in [0.29, 0.717) is 63.3 Å². The molecule has 5 rings (SSSR count). The maximum absolute atomic E-state index is 12.4. The molecule has 0 spiro atoms. The van der Waals surface area contributed by atoms with E-state index in [4.69, 9.17) is 25.8 Å². The van der Waals surface area contributed by atoms with Gasteiger partial charge >= 0.3 is 0 Å². The second kappa shape index (κ2) is 9.65. The van der Waals surface area contributed by atoms with Gasteiger partial charge in [-0.3, -0.25) is 4.98 Å². The summed E-state index contributed by atoms with van der Waals surface area (Å²) >= 11 is 6.92. The highest BCUT2D eigenvalue weighted by atomic mass is 35.5. The maximum atomic E-state index is 12.4. The number of nitrogens with zero attached hydrogens (tertiary/aromatic N) is 5. The van der Waals surface area contributed by atoms with Crippen LogP contribution in [0.4, 0.5) is 0 Å². The van der Waals surface area contributed by atoms with Crippen LogP contribution in [-0.2, 0) is 17.4 Å². The van der Waals surface area contributed by atoms with E-state index in [9.17, 15) is 5.11 Å². The minimum atomic E-state index is -1.60. The number of hydrogen-bond acceptors (Lipinski definition) is 8. The summed E-state index contributed by atoms with van der Waals surface area (Å²) in [5.41, 5.74) is 2.25. The number of aryl methyl sites for hydroxylation is 3. The Balaban J connectivity index is 1.70. The molecule has 1 saturated heterocycles. The fourth-order valence-corrected chi connectivity index (χ4v) is 5.02. The smallest absolute Gasteiger partial charge is 0.258 e. The number of hydrogen-bond donors (Lipinski definition) is 1. The van der Waals surface area contributed by atoms with Crippen LogP contribution in [0.15, 0.2) is 36.5 Å². The van der Waals surface area contributed by atoms with Crippen LogP contribution >= 0.6 is 11.6 Å². The topological polar surface area (TPSA) is 104 Å². The Morgan fingerprint density at radius 3 is 2.58 bits per heavy atom. The number of ether oxygens (including phenoxy) is 3. The van der Waals surface area contributed by atoms with Crippen LogP contribution in [0.2, 0.25) is 5.02 Å². The van der Waals surface area contributed by atoms with Crippen molar-refractivity contribution in [2.24, 2.45) is 7.05 Å². The van der Waals surface area contributed by atoms with Gasteiger partial charge in [0.15, 0.2) is 5.60 Å². The molecule has 10 heteroatoms. The third-order valence-electron chi connectivity index (χ3n) is 6.61. The third kappa shape index (κ3) is 4.17. The Morgan fingerprint density at radius 1 is 1.14 bits per heavy atom. The SMILES string of the molecule is COc1nc2ccc([C@](O)(c3ccc(C)nc3C)c3cnnn3C)cc2c(Cl)c1OC1CCOCC1. The van der Waals surface area contributed by atoms with E-state index in [2.05, 4.69) is 20.3 Å². The van der Waals surface area contributed by atoms with Gasteiger partial charge in [-0.2, -0.15) is 0 Å². The van der Waals surface area contributed by atoms with E-state index >= 15 is 0 Å². The first kappa shape index (κ1) is 24.4.